The van der Waals surface area contributed by atoms with E-state index in [0.29, 0.717) is 0 Å². The van der Waals surface area contributed by atoms with Crippen molar-refractivity contribution in [3.8, 4) is 0 Å². The lowest BCUT2D eigenvalue weighted by molar-refractivity contribution is 0.0535. The molecule has 0 nitrogen and oxygen atoms in total. The lowest BCUT2D eigenvalue weighted by Gasteiger charge is -2.46. The number of hydrogen-bond acceptors (Lipinski definition) is 0. The molecule has 8 unspecified atom stereocenters. The van der Waals surface area contributed by atoms with Gasteiger partial charge in [-0.05, 0) is 53.8 Å². The number of allylic oxidation sites excluding steroid dienone is 2. The van der Waals surface area contributed by atoms with E-state index in [9.17, 15) is 0 Å². The molecule has 2 bridgehead atoms. The monoisotopic (exact) mass is 170 g/mol. The molecule has 8 atom stereocenters. The van der Waals surface area contributed by atoms with E-state index in [1.807, 2.05) is 0 Å². The largest absolute Gasteiger partial charge is 0.0992 e. The Labute approximate surface area is 78.7 Å². The maximum atomic E-state index is 4.37. The number of hydrogen-bond donors (Lipinski definition) is 0. The molecular weight excluding hydrogens is 156 g/mol. The van der Waals surface area contributed by atoms with Crippen molar-refractivity contribution < 1.29 is 0 Å². The number of fused-ring (bicyclic) bond motifs is 2. The van der Waals surface area contributed by atoms with E-state index >= 15 is 0 Å². The van der Waals surface area contributed by atoms with E-state index in [2.05, 4.69) is 13.2 Å². The average Bonchev–Trinajstić information content (AvgIpc) is 2.52. The van der Waals surface area contributed by atoms with Crippen LogP contribution in [0.15, 0.2) is 24.3 Å². The minimum absolute atomic E-state index is 0.905. The average molecular weight is 170 g/mol. The topological polar surface area (TPSA) is 0 Å². The summed E-state index contributed by atoms with van der Waals surface area (Å²) >= 11 is 0. The van der Waals surface area contributed by atoms with Gasteiger partial charge in [0.2, 0.25) is 0 Å². The van der Waals surface area contributed by atoms with Crippen molar-refractivity contribution in [1.29, 1.82) is 0 Å². The Balaban J connectivity index is 1.92. The predicted molar refractivity (Wildman–Crippen MR) is 50.8 cm³/mol. The van der Waals surface area contributed by atoms with E-state index < -0.39 is 0 Å². The summed E-state index contributed by atoms with van der Waals surface area (Å²) in [5, 5.41) is 0. The molecule has 0 amide bonds. The first-order chi connectivity index (χ1) is 6.30. The van der Waals surface area contributed by atoms with Crippen molar-refractivity contribution in [1.82, 2.24) is 0 Å². The summed E-state index contributed by atoms with van der Waals surface area (Å²) in [5.74, 6) is 7.93. The highest BCUT2D eigenvalue weighted by atomic mass is 14.8. The highest BCUT2D eigenvalue weighted by Gasteiger charge is 2.79. The maximum Gasteiger partial charge on any atom is -0.0100 e. The standard InChI is InChI=1S/C13H14/c1-4-8-6-3-7-9(8)5(2)11-10(4)12(6)13(7)11/h6-13H,1-3H2. The summed E-state index contributed by atoms with van der Waals surface area (Å²) in [6.07, 6.45) is 1.54. The molecule has 5 aliphatic carbocycles. The van der Waals surface area contributed by atoms with Crippen LogP contribution in [0.2, 0.25) is 0 Å². The molecule has 0 radical (unpaired) electrons. The lowest BCUT2D eigenvalue weighted by Crippen LogP contribution is -2.42. The molecule has 0 aromatic heterocycles. The zero-order valence-electron chi connectivity index (χ0n) is 7.74. The first-order valence-electron chi connectivity index (χ1n) is 5.68. The fraction of sp³-hybridized carbons (Fsp3) is 0.692. The fourth-order valence-corrected chi connectivity index (χ4v) is 6.26. The molecule has 5 rings (SSSR count). The van der Waals surface area contributed by atoms with Crippen LogP contribution >= 0.6 is 0 Å². The van der Waals surface area contributed by atoms with Crippen LogP contribution in [0.5, 0.6) is 0 Å². The predicted octanol–water partition coefficient (Wildman–Crippen LogP) is 2.49. The highest BCUT2D eigenvalue weighted by Crippen LogP contribution is 2.85. The van der Waals surface area contributed by atoms with Crippen molar-refractivity contribution in [3.05, 3.63) is 24.3 Å². The van der Waals surface area contributed by atoms with Gasteiger partial charge >= 0.3 is 0 Å². The smallest absolute Gasteiger partial charge is 0.0100 e. The second-order valence-corrected chi connectivity index (χ2v) is 5.97. The molecule has 5 aliphatic rings. The highest BCUT2D eigenvalue weighted by molar-refractivity contribution is 5.47. The Morgan fingerprint density at radius 2 is 1.23 bits per heavy atom. The van der Waals surface area contributed by atoms with E-state index in [-0.39, 0.29) is 0 Å². The lowest BCUT2D eigenvalue weighted by atomic mass is 9.58. The molecule has 66 valence electrons. The Kier molecular flexibility index (Phi) is 0.632. The zero-order chi connectivity index (χ0) is 8.48. The molecule has 0 heterocycles. The van der Waals surface area contributed by atoms with Crippen LogP contribution in [0, 0.1) is 47.3 Å². The van der Waals surface area contributed by atoms with Crippen LogP contribution in [0.25, 0.3) is 0 Å². The third kappa shape index (κ3) is 0.335. The van der Waals surface area contributed by atoms with E-state index in [0.717, 1.165) is 47.3 Å². The fourth-order valence-electron chi connectivity index (χ4n) is 6.26. The van der Waals surface area contributed by atoms with Crippen molar-refractivity contribution >= 4 is 0 Å². The van der Waals surface area contributed by atoms with Crippen molar-refractivity contribution in [2.24, 2.45) is 47.3 Å². The Morgan fingerprint density at radius 3 is 1.69 bits per heavy atom. The van der Waals surface area contributed by atoms with Crippen molar-refractivity contribution in [2.75, 3.05) is 0 Å². The maximum absolute atomic E-state index is 4.37. The van der Waals surface area contributed by atoms with Gasteiger partial charge in [0, 0.05) is 0 Å². The van der Waals surface area contributed by atoms with Crippen LogP contribution in [-0.2, 0) is 0 Å². The minimum Gasteiger partial charge on any atom is -0.0992 e. The van der Waals surface area contributed by atoms with Gasteiger partial charge in [-0.3, -0.25) is 0 Å². The van der Waals surface area contributed by atoms with Crippen molar-refractivity contribution in [2.45, 2.75) is 6.42 Å². The summed E-state index contributed by atoms with van der Waals surface area (Å²) in [6, 6.07) is 0. The summed E-state index contributed by atoms with van der Waals surface area (Å²) in [6.45, 7) is 8.73. The molecule has 5 fully saturated rings. The van der Waals surface area contributed by atoms with Gasteiger partial charge in [0.15, 0.2) is 0 Å². The van der Waals surface area contributed by atoms with Gasteiger partial charge < -0.3 is 0 Å². The first kappa shape index (κ1) is 6.06. The van der Waals surface area contributed by atoms with Gasteiger partial charge in [0.05, 0.1) is 0 Å². The van der Waals surface area contributed by atoms with Crippen molar-refractivity contribution in [3.63, 3.8) is 0 Å². The molecular formula is C13H14. The summed E-state index contributed by atoms with van der Waals surface area (Å²) in [4.78, 5) is 0. The molecule has 13 heavy (non-hydrogen) atoms. The Morgan fingerprint density at radius 1 is 0.769 bits per heavy atom. The molecule has 0 heteroatoms. The quantitative estimate of drug-likeness (QED) is 0.490. The van der Waals surface area contributed by atoms with Crippen LogP contribution in [0.3, 0.4) is 0 Å². The molecule has 0 saturated heterocycles. The van der Waals surface area contributed by atoms with Gasteiger partial charge in [0.1, 0.15) is 0 Å². The molecule has 0 aromatic rings. The normalized spacial score (nSPS) is 74.2. The second-order valence-electron chi connectivity index (χ2n) is 5.97. The minimum atomic E-state index is 0.905. The van der Waals surface area contributed by atoms with Crippen LogP contribution < -0.4 is 0 Å². The Hall–Kier alpha value is -0.520. The van der Waals surface area contributed by atoms with Gasteiger partial charge in [0.25, 0.3) is 0 Å². The number of rotatable bonds is 0. The van der Waals surface area contributed by atoms with Gasteiger partial charge in [-0.2, -0.15) is 0 Å². The molecule has 0 N–H and O–H groups in total. The Bertz CT molecular complexity index is 337. The van der Waals surface area contributed by atoms with E-state index in [4.69, 9.17) is 0 Å². The third-order valence-electron chi connectivity index (χ3n) is 6.22. The van der Waals surface area contributed by atoms with Gasteiger partial charge in [-0.1, -0.05) is 24.3 Å². The summed E-state index contributed by atoms with van der Waals surface area (Å²) in [5.41, 5.74) is 3.29. The van der Waals surface area contributed by atoms with Crippen LogP contribution in [0.1, 0.15) is 6.42 Å². The third-order valence-corrected chi connectivity index (χ3v) is 6.22. The van der Waals surface area contributed by atoms with E-state index in [1.165, 1.54) is 6.42 Å². The second kappa shape index (κ2) is 1.36. The molecule has 0 aliphatic heterocycles. The molecule has 5 saturated carbocycles. The van der Waals surface area contributed by atoms with E-state index in [1.54, 1.807) is 11.1 Å². The summed E-state index contributed by atoms with van der Waals surface area (Å²) in [7, 11) is 0. The molecule has 0 aromatic carbocycles. The molecule has 0 spiro atoms. The van der Waals surface area contributed by atoms with Gasteiger partial charge in [-0.25, -0.2) is 0 Å². The first-order valence-corrected chi connectivity index (χ1v) is 5.68. The van der Waals surface area contributed by atoms with Gasteiger partial charge in [-0.15, -0.1) is 0 Å². The SMILES string of the molecule is C=C1C2C3CC4C2C(=C)C2C1C3C42. The zero-order valence-corrected chi connectivity index (χ0v) is 7.74. The van der Waals surface area contributed by atoms with Crippen LogP contribution in [0.4, 0.5) is 0 Å². The summed E-state index contributed by atoms with van der Waals surface area (Å²) < 4.78 is 0. The van der Waals surface area contributed by atoms with Crippen LogP contribution in [-0.4, -0.2) is 0 Å².